The molecule has 2 rings (SSSR count). The highest BCUT2D eigenvalue weighted by atomic mass is 16.5. The van der Waals surface area contributed by atoms with Gasteiger partial charge in [-0.1, -0.05) is 0 Å². The zero-order valence-corrected chi connectivity index (χ0v) is 7.01. The van der Waals surface area contributed by atoms with E-state index in [1.165, 1.54) is 24.3 Å². The van der Waals surface area contributed by atoms with Crippen LogP contribution in [0.2, 0.25) is 0 Å². The van der Waals surface area contributed by atoms with Crippen LogP contribution in [0, 0.1) is 0 Å². The molecule has 0 atom stereocenters. The minimum absolute atomic E-state index is 0.156. The lowest BCUT2D eigenvalue weighted by Crippen LogP contribution is -1.97. The van der Waals surface area contributed by atoms with Gasteiger partial charge in [0.2, 0.25) is 5.88 Å². The average molecular weight is 180 g/mol. The van der Waals surface area contributed by atoms with E-state index < -0.39 is 0 Å². The molecule has 68 valence electrons. The second-order valence-corrected chi connectivity index (χ2v) is 2.41. The van der Waals surface area contributed by atoms with Crippen molar-refractivity contribution in [2.45, 2.75) is 6.73 Å². The first-order chi connectivity index (χ1) is 6.36. The normalized spacial score (nSPS) is 10.6. The average Bonchev–Trinajstić information content (AvgIpc) is 2.60. The first-order valence-corrected chi connectivity index (χ1v) is 3.67. The van der Waals surface area contributed by atoms with E-state index >= 15 is 0 Å². The SMILES string of the molecule is COc1ncnc2c1ncn2CO. The smallest absolute Gasteiger partial charge is 0.245 e. The summed E-state index contributed by atoms with van der Waals surface area (Å²) >= 11 is 0. The first-order valence-electron chi connectivity index (χ1n) is 3.67. The van der Waals surface area contributed by atoms with Crippen LogP contribution in [0.3, 0.4) is 0 Å². The molecule has 1 N–H and O–H groups in total. The molecule has 2 aromatic rings. The summed E-state index contributed by atoms with van der Waals surface area (Å²) in [5.41, 5.74) is 1.12. The number of aliphatic hydroxyl groups excluding tert-OH is 1. The van der Waals surface area contributed by atoms with Crippen LogP contribution < -0.4 is 4.74 Å². The summed E-state index contributed by atoms with van der Waals surface area (Å²) in [4.78, 5) is 11.9. The van der Waals surface area contributed by atoms with Gasteiger partial charge in [0.25, 0.3) is 0 Å². The molecule has 0 aromatic carbocycles. The maximum atomic E-state index is 8.91. The van der Waals surface area contributed by atoms with Gasteiger partial charge in [0, 0.05) is 0 Å². The number of aromatic nitrogens is 4. The van der Waals surface area contributed by atoms with Crippen LogP contribution in [-0.4, -0.2) is 31.7 Å². The quantitative estimate of drug-likeness (QED) is 0.691. The molecule has 0 amide bonds. The monoisotopic (exact) mass is 180 g/mol. The van der Waals surface area contributed by atoms with Gasteiger partial charge in [0.05, 0.1) is 13.4 Å². The Morgan fingerprint density at radius 1 is 1.46 bits per heavy atom. The topological polar surface area (TPSA) is 73.1 Å². The predicted octanol–water partition coefficient (Wildman–Crippen LogP) is -0.215. The van der Waals surface area contributed by atoms with Crippen molar-refractivity contribution < 1.29 is 9.84 Å². The highest BCUT2D eigenvalue weighted by molar-refractivity contribution is 5.75. The number of aliphatic hydroxyl groups is 1. The van der Waals surface area contributed by atoms with Crippen molar-refractivity contribution >= 4 is 11.2 Å². The molecule has 6 heteroatoms. The fourth-order valence-electron chi connectivity index (χ4n) is 1.11. The van der Waals surface area contributed by atoms with Gasteiger partial charge in [-0.05, 0) is 0 Å². The fraction of sp³-hybridized carbons (Fsp3) is 0.286. The Bertz CT molecular complexity index is 425. The maximum absolute atomic E-state index is 8.91. The van der Waals surface area contributed by atoms with E-state index in [1.807, 2.05) is 0 Å². The number of hydrogen-bond donors (Lipinski definition) is 1. The molecule has 0 saturated carbocycles. The molecule has 0 fully saturated rings. The minimum atomic E-state index is -0.156. The molecule has 0 saturated heterocycles. The number of methoxy groups -OCH3 is 1. The number of ether oxygens (including phenoxy) is 1. The maximum Gasteiger partial charge on any atom is 0.245 e. The van der Waals surface area contributed by atoms with Crippen molar-refractivity contribution in [3.8, 4) is 5.88 Å². The standard InChI is InChI=1S/C7H8N4O2/c1-13-7-5-6(8-2-9-7)11(4-12)3-10-5/h2-3,12H,4H2,1H3. The van der Waals surface area contributed by atoms with Crippen LogP contribution in [0.15, 0.2) is 12.7 Å². The van der Waals surface area contributed by atoms with Gasteiger partial charge in [0.15, 0.2) is 11.2 Å². The van der Waals surface area contributed by atoms with Gasteiger partial charge in [-0.2, -0.15) is 4.98 Å². The van der Waals surface area contributed by atoms with Crippen LogP contribution in [0.1, 0.15) is 0 Å². The Morgan fingerprint density at radius 2 is 2.31 bits per heavy atom. The minimum Gasteiger partial charge on any atom is -0.479 e. The molecule has 0 aliphatic carbocycles. The van der Waals surface area contributed by atoms with Crippen LogP contribution in [0.4, 0.5) is 0 Å². The lowest BCUT2D eigenvalue weighted by atomic mass is 10.5. The zero-order valence-electron chi connectivity index (χ0n) is 7.01. The summed E-state index contributed by atoms with van der Waals surface area (Å²) in [7, 11) is 1.51. The molecule has 6 nitrogen and oxygen atoms in total. The molecule has 2 aromatic heterocycles. The predicted molar refractivity (Wildman–Crippen MR) is 44.1 cm³/mol. The third-order valence-electron chi connectivity index (χ3n) is 1.71. The largest absolute Gasteiger partial charge is 0.479 e. The third kappa shape index (κ3) is 1.11. The van der Waals surface area contributed by atoms with E-state index in [0.717, 1.165) is 0 Å². The van der Waals surface area contributed by atoms with Crippen molar-refractivity contribution in [2.75, 3.05) is 7.11 Å². The lowest BCUT2D eigenvalue weighted by Gasteiger charge is -1.99. The highest BCUT2D eigenvalue weighted by Gasteiger charge is 2.08. The number of rotatable bonds is 2. The van der Waals surface area contributed by atoms with Gasteiger partial charge in [-0.15, -0.1) is 0 Å². The number of nitrogens with zero attached hydrogens (tertiary/aromatic N) is 4. The Hall–Kier alpha value is -1.69. The molecule has 13 heavy (non-hydrogen) atoms. The number of hydrogen-bond acceptors (Lipinski definition) is 5. The Morgan fingerprint density at radius 3 is 3.00 bits per heavy atom. The van der Waals surface area contributed by atoms with Crippen molar-refractivity contribution in [1.82, 2.24) is 19.5 Å². The van der Waals surface area contributed by atoms with Gasteiger partial charge in [0.1, 0.15) is 13.1 Å². The summed E-state index contributed by atoms with van der Waals surface area (Å²) in [6, 6.07) is 0. The van der Waals surface area contributed by atoms with Crippen LogP contribution >= 0.6 is 0 Å². The second kappa shape index (κ2) is 2.98. The molecular formula is C7H8N4O2. The summed E-state index contributed by atoms with van der Waals surface area (Å²) in [6.45, 7) is -0.156. The fourth-order valence-corrected chi connectivity index (χ4v) is 1.11. The third-order valence-corrected chi connectivity index (χ3v) is 1.71. The van der Waals surface area contributed by atoms with E-state index in [4.69, 9.17) is 9.84 Å². The van der Waals surface area contributed by atoms with Crippen molar-refractivity contribution in [1.29, 1.82) is 0 Å². The van der Waals surface area contributed by atoms with Gasteiger partial charge >= 0.3 is 0 Å². The first kappa shape index (κ1) is 7.93. The zero-order chi connectivity index (χ0) is 9.26. The Labute approximate surface area is 73.8 Å². The molecular weight excluding hydrogens is 172 g/mol. The molecule has 2 heterocycles. The van der Waals surface area contributed by atoms with Gasteiger partial charge < -0.3 is 9.84 Å². The van der Waals surface area contributed by atoms with E-state index in [0.29, 0.717) is 17.0 Å². The Balaban J connectivity index is 2.72. The van der Waals surface area contributed by atoms with E-state index in [2.05, 4.69) is 15.0 Å². The second-order valence-electron chi connectivity index (χ2n) is 2.41. The number of imidazole rings is 1. The summed E-state index contributed by atoms with van der Waals surface area (Å²) in [5.74, 6) is 0.414. The van der Waals surface area contributed by atoms with E-state index in [1.54, 1.807) is 0 Å². The van der Waals surface area contributed by atoms with Gasteiger partial charge in [-0.25, -0.2) is 9.97 Å². The molecule has 0 bridgehead atoms. The van der Waals surface area contributed by atoms with Crippen molar-refractivity contribution in [2.24, 2.45) is 0 Å². The molecule has 0 aliphatic heterocycles. The van der Waals surface area contributed by atoms with Gasteiger partial charge in [-0.3, -0.25) is 4.57 Å². The van der Waals surface area contributed by atoms with Crippen molar-refractivity contribution in [3.05, 3.63) is 12.7 Å². The van der Waals surface area contributed by atoms with Crippen LogP contribution in [0.25, 0.3) is 11.2 Å². The highest BCUT2D eigenvalue weighted by Crippen LogP contribution is 2.17. The molecule has 0 unspecified atom stereocenters. The summed E-state index contributed by atoms with van der Waals surface area (Å²) < 4.78 is 6.48. The summed E-state index contributed by atoms with van der Waals surface area (Å²) in [5, 5.41) is 8.91. The Kier molecular flexibility index (Phi) is 1.82. The van der Waals surface area contributed by atoms with E-state index in [-0.39, 0.29) is 6.73 Å². The van der Waals surface area contributed by atoms with Crippen LogP contribution in [0.5, 0.6) is 5.88 Å². The summed E-state index contributed by atoms with van der Waals surface area (Å²) in [6.07, 6.45) is 2.86. The lowest BCUT2D eigenvalue weighted by molar-refractivity contribution is 0.214. The van der Waals surface area contributed by atoms with Crippen molar-refractivity contribution in [3.63, 3.8) is 0 Å². The molecule has 0 aliphatic rings. The van der Waals surface area contributed by atoms with Crippen LogP contribution in [-0.2, 0) is 6.73 Å². The molecule has 0 spiro atoms. The molecule has 0 radical (unpaired) electrons. The van der Waals surface area contributed by atoms with E-state index in [9.17, 15) is 0 Å². The number of fused-ring (bicyclic) bond motifs is 1.